The first kappa shape index (κ1) is 14.0. The third kappa shape index (κ3) is 2.77. The molecule has 0 atom stereocenters. The molecule has 2 aromatic rings. The maximum absolute atomic E-state index is 11.6. The Hall–Kier alpha value is -1.93. The summed E-state index contributed by atoms with van der Waals surface area (Å²) >= 11 is 0. The predicted molar refractivity (Wildman–Crippen MR) is 76.3 cm³/mol. The Bertz CT molecular complexity index is 748. The van der Waals surface area contributed by atoms with Crippen LogP contribution in [0.4, 0.5) is 0 Å². The monoisotopic (exact) mass is 308 g/mol. The molecule has 21 heavy (non-hydrogen) atoms. The van der Waals surface area contributed by atoms with E-state index in [4.69, 9.17) is 9.88 Å². The first-order valence-electron chi connectivity index (χ1n) is 6.71. The van der Waals surface area contributed by atoms with Crippen molar-refractivity contribution in [2.45, 2.75) is 31.0 Å². The quantitative estimate of drug-likeness (QED) is 0.898. The van der Waals surface area contributed by atoms with Gasteiger partial charge in [-0.05, 0) is 44.0 Å². The molecule has 0 aliphatic heterocycles. The molecule has 0 unspecified atom stereocenters. The van der Waals surface area contributed by atoms with Gasteiger partial charge >= 0.3 is 0 Å². The smallest absolute Gasteiger partial charge is 0.273 e. The van der Waals surface area contributed by atoms with Crippen molar-refractivity contribution in [1.82, 2.24) is 14.8 Å². The van der Waals surface area contributed by atoms with Gasteiger partial charge in [0.1, 0.15) is 5.75 Å². The number of benzene rings is 1. The van der Waals surface area contributed by atoms with Gasteiger partial charge in [0.05, 0.1) is 6.61 Å². The van der Waals surface area contributed by atoms with Crippen LogP contribution in [-0.4, -0.2) is 29.8 Å². The van der Waals surface area contributed by atoms with Crippen LogP contribution in [0, 0.1) is 0 Å². The van der Waals surface area contributed by atoms with Crippen molar-refractivity contribution in [2.24, 2.45) is 5.14 Å². The molecule has 0 radical (unpaired) electrons. The number of aromatic nitrogens is 3. The summed E-state index contributed by atoms with van der Waals surface area (Å²) in [5.74, 6) is 1.27. The van der Waals surface area contributed by atoms with Gasteiger partial charge in [0.2, 0.25) is 0 Å². The molecule has 0 bridgehead atoms. The van der Waals surface area contributed by atoms with Gasteiger partial charge in [-0.25, -0.2) is 13.6 Å². The number of primary sulfonamides is 1. The van der Waals surface area contributed by atoms with Gasteiger partial charge < -0.3 is 4.74 Å². The van der Waals surface area contributed by atoms with Crippen LogP contribution in [0.25, 0.3) is 11.4 Å². The Labute approximate surface area is 122 Å². The highest BCUT2D eigenvalue weighted by atomic mass is 32.2. The zero-order chi connectivity index (χ0) is 15.0. The molecule has 0 amide bonds. The number of nitrogens with two attached hydrogens (primary N) is 1. The van der Waals surface area contributed by atoms with Crippen LogP contribution in [0.2, 0.25) is 0 Å². The van der Waals surface area contributed by atoms with Crippen LogP contribution in [0.3, 0.4) is 0 Å². The number of rotatable bonds is 5. The zero-order valence-electron chi connectivity index (χ0n) is 11.6. The van der Waals surface area contributed by atoms with Crippen molar-refractivity contribution in [1.29, 1.82) is 0 Å². The Balaban J connectivity index is 2.04. The lowest BCUT2D eigenvalue weighted by atomic mass is 10.2. The lowest BCUT2D eigenvalue weighted by Gasteiger charge is -2.08. The molecule has 7 nitrogen and oxygen atoms in total. The zero-order valence-corrected chi connectivity index (χ0v) is 12.4. The van der Waals surface area contributed by atoms with Crippen LogP contribution in [0.5, 0.6) is 5.75 Å². The largest absolute Gasteiger partial charge is 0.494 e. The van der Waals surface area contributed by atoms with E-state index in [1.807, 2.05) is 31.2 Å². The molecule has 1 aromatic heterocycles. The Kier molecular flexibility index (Phi) is 3.42. The van der Waals surface area contributed by atoms with E-state index in [1.165, 1.54) is 0 Å². The van der Waals surface area contributed by atoms with Gasteiger partial charge in [0.15, 0.2) is 5.82 Å². The summed E-state index contributed by atoms with van der Waals surface area (Å²) in [4.78, 5) is 0. The molecule has 3 rings (SSSR count). The van der Waals surface area contributed by atoms with Crippen LogP contribution in [0.15, 0.2) is 29.4 Å². The number of ether oxygens (including phenoxy) is 1. The van der Waals surface area contributed by atoms with Crippen molar-refractivity contribution in [3.8, 4) is 17.1 Å². The summed E-state index contributed by atoms with van der Waals surface area (Å²) < 4.78 is 30.2. The summed E-state index contributed by atoms with van der Waals surface area (Å²) in [7, 11) is -3.88. The van der Waals surface area contributed by atoms with E-state index in [9.17, 15) is 8.42 Å². The van der Waals surface area contributed by atoms with Crippen molar-refractivity contribution in [3.63, 3.8) is 0 Å². The maximum atomic E-state index is 11.6. The summed E-state index contributed by atoms with van der Waals surface area (Å²) in [6, 6.07) is 7.42. The SMILES string of the molecule is CCOc1ccc(-c2nnc(S(N)(=O)=O)n2C2CC2)cc1. The number of nitrogens with zero attached hydrogens (tertiary/aromatic N) is 3. The van der Waals surface area contributed by atoms with Crippen LogP contribution < -0.4 is 9.88 Å². The highest BCUT2D eigenvalue weighted by molar-refractivity contribution is 7.89. The Morgan fingerprint density at radius 3 is 2.48 bits per heavy atom. The molecule has 112 valence electrons. The van der Waals surface area contributed by atoms with Crippen LogP contribution in [-0.2, 0) is 10.0 Å². The summed E-state index contributed by atoms with van der Waals surface area (Å²) in [6.07, 6.45) is 1.81. The second kappa shape index (κ2) is 5.12. The third-order valence-corrected chi connectivity index (χ3v) is 4.04. The first-order chi connectivity index (χ1) is 10.0. The predicted octanol–water partition coefficient (Wildman–Crippen LogP) is 1.33. The van der Waals surface area contributed by atoms with Gasteiger partial charge in [-0.15, -0.1) is 10.2 Å². The first-order valence-corrected chi connectivity index (χ1v) is 8.26. The van der Waals surface area contributed by atoms with E-state index in [-0.39, 0.29) is 11.2 Å². The minimum absolute atomic E-state index is 0.106. The van der Waals surface area contributed by atoms with Gasteiger partial charge in [-0.2, -0.15) is 0 Å². The number of hydrogen-bond donors (Lipinski definition) is 1. The van der Waals surface area contributed by atoms with Crippen molar-refractivity contribution < 1.29 is 13.2 Å². The van der Waals surface area contributed by atoms with E-state index < -0.39 is 10.0 Å². The second-order valence-corrected chi connectivity index (χ2v) is 6.36. The fourth-order valence-electron chi connectivity index (χ4n) is 2.20. The fourth-order valence-corrected chi connectivity index (χ4v) is 2.86. The van der Waals surface area contributed by atoms with Crippen LogP contribution in [0.1, 0.15) is 25.8 Å². The summed E-state index contributed by atoms with van der Waals surface area (Å²) in [6.45, 7) is 2.50. The van der Waals surface area contributed by atoms with Crippen molar-refractivity contribution in [2.75, 3.05) is 6.61 Å². The lowest BCUT2D eigenvalue weighted by Crippen LogP contribution is -2.18. The standard InChI is InChI=1S/C13H16N4O3S/c1-2-20-11-7-3-9(4-8-11)12-15-16-13(21(14,18)19)17(12)10-5-6-10/h3-4,7-8,10H,2,5-6H2,1H3,(H2,14,18,19). The van der Waals surface area contributed by atoms with Gasteiger partial charge in [-0.3, -0.25) is 4.57 Å². The molecule has 8 heteroatoms. The molecule has 1 aromatic carbocycles. The average molecular weight is 308 g/mol. The molecular formula is C13H16N4O3S. The highest BCUT2D eigenvalue weighted by Crippen LogP contribution is 2.39. The molecule has 2 N–H and O–H groups in total. The normalized spacial score (nSPS) is 15.1. The van der Waals surface area contributed by atoms with Gasteiger partial charge in [0, 0.05) is 11.6 Å². The van der Waals surface area contributed by atoms with Gasteiger partial charge in [-0.1, -0.05) is 0 Å². The average Bonchev–Trinajstić information content (AvgIpc) is 3.17. The van der Waals surface area contributed by atoms with E-state index in [0.29, 0.717) is 12.4 Å². The maximum Gasteiger partial charge on any atom is 0.273 e. The third-order valence-electron chi connectivity index (χ3n) is 3.25. The number of hydrogen-bond acceptors (Lipinski definition) is 5. The lowest BCUT2D eigenvalue weighted by molar-refractivity contribution is 0.340. The molecule has 0 spiro atoms. The molecule has 1 saturated carbocycles. The van der Waals surface area contributed by atoms with Gasteiger partial charge in [0.25, 0.3) is 15.2 Å². The minimum Gasteiger partial charge on any atom is -0.494 e. The highest BCUT2D eigenvalue weighted by Gasteiger charge is 2.33. The van der Waals surface area contributed by atoms with Crippen LogP contribution >= 0.6 is 0 Å². The van der Waals surface area contributed by atoms with Crippen molar-refractivity contribution >= 4 is 10.0 Å². The molecule has 0 saturated heterocycles. The summed E-state index contributed by atoms with van der Waals surface area (Å²) in [5, 5.41) is 12.8. The molecular weight excluding hydrogens is 292 g/mol. The van der Waals surface area contributed by atoms with E-state index in [0.717, 1.165) is 24.2 Å². The van der Waals surface area contributed by atoms with Crippen molar-refractivity contribution in [3.05, 3.63) is 24.3 Å². The number of sulfonamides is 1. The molecule has 1 aliphatic rings. The molecule has 1 aliphatic carbocycles. The van der Waals surface area contributed by atoms with E-state index in [1.54, 1.807) is 4.57 Å². The Morgan fingerprint density at radius 2 is 1.95 bits per heavy atom. The topological polar surface area (TPSA) is 100 Å². The Morgan fingerprint density at radius 1 is 1.29 bits per heavy atom. The molecule has 1 fully saturated rings. The summed E-state index contributed by atoms with van der Waals surface area (Å²) in [5.41, 5.74) is 0.785. The van der Waals surface area contributed by atoms with E-state index in [2.05, 4.69) is 10.2 Å². The molecule has 1 heterocycles. The second-order valence-electron chi connectivity index (χ2n) is 4.91. The fraction of sp³-hybridized carbons (Fsp3) is 0.385. The minimum atomic E-state index is -3.88. The van der Waals surface area contributed by atoms with E-state index >= 15 is 0 Å².